The normalized spacial score (nSPS) is 11.7. The molecule has 43 heavy (non-hydrogen) atoms. The van der Waals surface area contributed by atoms with E-state index in [0.717, 1.165) is 71.7 Å². The Hall–Kier alpha value is -6.30. The molecule has 9 aromatic rings. The number of benzene rings is 6. The van der Waals surface area contributed by atoms with Crippen LogP contribution in [0.25, 0.3) is 82.5 Å². The van der Waals surface area contributed by atoms with Crippen molar-refractivity contribution in [3.8, 4) is 29.0 Å². The van der Waals surface area contributed by atoms with Crippen molar-refractivity contribution in [1.82, 2.24) is 4.57 Å². The number of furan rings is 2. The summed E-state index contributed by atoms with van der Waals surface area (Å²) in [7, 11) is 0. The molecule has 5 heteroatoms. The molecule has 0 aliphatic carbocycles. The van der Waals surface area contributed by atoms with Crippen molar-refractivity contribution in [2.45, 2.75) is 0 Å². The summed E-state index contributed by atoms with van der Waals surface area (Å²) in [6.45, 7) is 0. The predicted molar refractivity (Wildman–Crippen MR) is 170 cm³/mol. The first-order chi connectivity index (χ1) is 21.2. The van der Waals surface area contributed by atoms with Crippen molar-refractivity contribution in [3.05, 3.63) is 126 Å². The van der Waals surface area contributed by atoms with Crippen LogP contribution in [0.4, 0.5) is 0 Å². The van der Waals surface area contributed by atoms with Crippen LogP contribution < -0.4 is 0 Å². The summed E-state index contributed by atoms with van der Waals surface area (Å²) < 4.78 is 14.6. The Labute approximate surface area is 244 Å². The van der Waals surface area contributed by atoms with Crippen molar-refractivity contribution in [3.63, 3.8) is 0 Å². The number of hydrogen-bond acceptors (Lipinski definition) is 4. The molecule has 3 heterocycles. The second-order valence-electron chi connectivity index (χ2n) is 10.8. The van der Waals surface area contributed by atoms with Gasteiger partial charge in [0.05, 0.1) is 40.0 Å². The lowest BCUT2D eigenvalue weighted by molar-refractivity contribution is 0.656. The molecule has 5 nitrogen and oxygen atoms in total. The first-order valence-corrected chi connectivity index (χ1v) is 14.0. The van der Waals surface area contributed by atoms with Crippen LogP contribution >= 0.6 is 0 Å². The van der Waals surface area contributed by atoms with Crippen LogP contribution in [0, 0.1) is 22.7 Å². The SMILES string of the molecule is N#Cc1ccc(-c2ccc3oc4cc5oc6ccc(C#N)cc6c5cc4c3c2)c(-n2c3ccccc3c3ccccc32)c1. The lowest BCUT2D eigenvalue weighted by Gasteiger charge is -2.15. The summed E-state index contributed by atoms with van der Waals surface area (Å²) in [5, 5.41) is 25.4. The van der Waals surface area contributed by atoms with Crippen molar-refractivity contribution in [2.24, 2.45) is 0 Å². The number of fused-ring (bicyclic) bond motifs is 9. The number of nitriles is 2. The Morgan fingerprint density at radius 2 is 1.02 bits per heavy atom. The quantitative estimate of drug-likeness (QED) is 0.215. The summed E-state index contributed by atoms with van der Waals surface area (Å²) in [6, 6.07) is 43.0. The van der Waals surface area contributed by atoms with Crippen LogP contribution in [-0.4, -0.2) is 4.57 Å². The maximum atomic E-state index is 9.86. The van der Waals surface area contributed by atoms with Gasteiger partial charge in [-0.25, -0.2) is 0 Å². The average Bonchev–Trinajstić information content (AvgIpc) is 3.71. The second-order valence-corrected chi connectivity index (χ2v) is 10.8. The third kappa shape index (κ3) is 3.31. The molecule has 0 N–H and O–H groups in total. The maximum absolute atomic E-state index is 9.86. The van der Waals surface area contributed by atoms with Crippen LogP contribution in [0.1, 0.15) is 11.1 Å². The van der Waals surface area contributed by atoms with Gasteiger partial charge in [0.2, 0.25) is 0 Å². The highest BCUT2D eigenvalue weighted by Gasteiger charge is 2.18. The minimum absolute atomic E-state index is 0.591. The molecule has 9 rings (SSSR count). The van der Waals surface area contributed by atoms with Gasteiger partial charge in [0.25, 0.3) is 0 Å². The summed E-state index contributed by atoms with van der Waals surface area (Å²) in [5.41, 5.74) is 9.29. The molecule has 0 radical (unpaired) electrons. The molecular formula is C38H19N3O2. The fourth-order valence-corrected chi connectivity index (χ4v) is 6.50. The zero-order valence-electron chi connectivity index (χ0n) is 22.6. The van der Waals surface area contributed by atoms with E-state index in [1.807, 2.05) is 42.5 Å². The van der Waals surface area contributed by atoms with Gasteiger partial charge in [0.15, 0.2) is 0 Å². The van der Waals surface area contributed by atoms with Gasteiger partial charge in [-0.05, 0) is 66.2 Å². The molecule has 0 spiro atoms. The number of hydrogen-bond donors (Lipinski definition) is 0. The van der Waals surface area contributed by atoms with Gasteiger partial charge in [0, 0.05) is 43.9 Å². The Bertz CT molecular complexity index is 2650. The van der Waals surface area contributed by atoms with Gasteiger partial charge in [-0.2, -0.15) is 10.5 Å². The van der Waals surface area contributed by atoms with E-state index in [4.69, 9.17) is 8.83 Å². The van der Waals surface area contributed by atoms with Crippen molar-refractivity contribution in [1.29, 1.82) is 10.5 Å². The van der Waals surface area contributed by atoms with E-state index >= 15 is 0 Å². The van der Waals surface area contributed by atoms with Crippen molar-refractivity contribution >= 4 is 65.7 Å². The predicted octanol–water partition coefficient (Wildman–Crippen LogP) is 9.99. The number of para-hydroxylation sites is 2. The summed E-state index contributed by atoms with van der Waals surface area (Å²) in [4.78, 5) is 0. The highest BCUT2D eigenvalue weighted by Crippen LogP contribution is 2.41. The highest BCUT2D eigenvalue weighted by molar-refractivity contribution is 6.16. The van der Waals surface area contributed by atoms with Crippen molar-refractivity contribution < 1.29 is 8.83 Å². The van der Waals surface area contributed by atoms with Crippen LogP contribution in [-0.2, 0) is 0 Å². The zero-order valence-corrected chi connectivity index (χ0v) is 22.6. The Kier molecular flexibility index (Phi) is 4.68. The fourth-order valence-electron chi connectivity index (χ4n) is 6.50. The Balaban J connectivity index is 1.32. The molecule has 0 atom stereocenters. The van der Waals surface area contributed by atoms with Crippen LogP contribution in [0.5, 0.6) is 0 Å². The van der Waals surface area contributed by atoms with Crippen LogP contribution in [0.15, 0.2) is 124 Å². The highest BCUT2D eigenvalue weighted by atomic mass is 16.3. The zero-order chi connectivity index (χ0) is 28.7. The van der Waals surface area contributed by atoms with E-state index in [0.29, 0.717) is 11.1 Å². The maximum Gasteiger partial charge on any atom is 0.139 e. The minimum Gasteiger partial charge on any atom is -0.456 e. The monoisotopic (exact) mass is 549 g/mol. The van der Waals surface area contributed by atoms with E-state index in [9.17, 15) is 10.5 Å². The van der Waals surface area contributed by atoms with Gasteiger partial charge in [-0.1, -0.05) is 48.5 Å². The number of rotatable bonds is 2. The first kappa shape index (κ1) is 23.4. The van der Waals surface area contributed by atoms with Gasteiger partial charge in [-0.3, -0.25) is 0 Å². The molecule has 198 valence electrons. The summed E-state index contributed by atoms with van der Waals surface area (Å²) >= 11 is 0. The summed E-state index contributed by atoms with van der Waals surface area (Å²) in [6.07, 6.45) is 0. The minimum atomic E-state index is 0.591. The topological polar surface area (TPSA) is 78.8 Å². The standard InChI is InChI=1S/C38H19N3O2/c39-20-22-10-13-35-28(15-22)30-18-31-29-17-24(11-14-36(29)43-38(31)19-37(30)42-35)25-12-9-23(21-40)16-34(25)41-32-7-3-1-5-26(32)27-6-2-4-8-33(27)41/h1-19H. The molecule has 0 aliphatic heterocycles. The van der Waals surface area contributed by atoms with E-state index in [2.05, 4.69) is 83.4 Å². The molecule has 0 unspecified atom stereocenters. The van der Waals surface area contributed by atoms with Gasteiger partial charge >= 0.3 is 0 Å². The molecule has 3 aromatic heterocycles. The lowest BCUT2D eigenvalue weighted by atomic mass is 9.99. The molecule has 6 aromatic carbocycles. The van der Waals surface area contributed by atoms with E-state index in [1.54, 1.807) is 6.07 Å². The van der Waals surface area contributed by atoms with E-state index in [-0.39, 0.29) is 0 Å². The average molecular weight is 550 g/mol. The summed E-state index contributed by atoms with van der Waals surface area (Å²) in [5.74, 6) is 0. The van der Waals surface area contributed by atoms with E-state index in [1.165, 1.54) is 10.8 Å². The third-order valence-corrected chi connectivity index (χ3v) is 8.45. The van der Waals surface area contributed by atoms with Gasteiger partial charge in [0.1, 0.15) is 22.3 Å². The number of aromatic nitrogens is 1. The first-order valence-electron chi connectivity index (χ1n) is 14.0. The second kappa shape index (κ2) is 8.60. The van der Waals surface area contributed by atoms with Crippen LogP contribution in [0.2, 0.25) is 0 Å². The molecular weight excluding hydrogens is 530 g/mol. The Morgan fingerprint density at radius 3 is 1.70 bits per heavy atom. The Morgan fingerprint density at radius 1 is 0.465 bits per heavy atom. The number of nitrogens with zero attached hydrogens (tertiary/aromatic N) is 3. The van der Waals surface area contributed by atoms with Gasteiger partial charge < -0.3 is 13.4 Å². The molecule has 0 bridgehead atoms. The van der Waals surface area contributed by atoms with E-state index < -0.39 is 0 Å². The smallest absolute Gasteiger partial charge is 0.139 e. The van der Waals surface area contributed by atoms with Crippen LogP contribution in [0.3, 0.4) is 0 Å². The molecule has 0 saturated heterocycles. The molecule has 0 amide bonds. The molecule has 0 saturated carbocycles. The van der Waals surface area contributed by atoms with Crippen molar-refractivity contribution in [2.75, 3.05) is 0 Å². The third-order valence-electron chi connectivity index (χ3n) is 8.45. The molecule has 0 fully saturated rings. The lowest BCUT2D eigenvalue weighted by Crippen LogP contribution is -1.98. The largest absolute Gasteiger partial charge is 0.456 e. The molecule has 0 aliphatic rings. The van der Waals surface area contributed by atoms with Gasteiger partial charge in [-0.15, -0.1) is 0 Å². The fraction of sp³-hybridized carbons (Fsp3) is 0.